The lowest BCUT2D eigenvalue weighted by molar-refractivity contribution is 0.0526. The zero-order valence-electron chi connectivity index (χ0n) is 18.6. The van der Waals surface area contributed by atoms with E-state index in [1.807, 2.05) is 24.3 Å². The highest BCUT2D eigenvalue weighted by atomic mass is 35.5. The van der Waals surface area contributed by atoms with E-state index in [1.54, 1.807) is 25.1 Å². The van der Waals surface area contributed by atoms with Crippen LogP contribution in [0, 0.1) is 5.92 Å². The van der Waals surface area contributed by atoms with Crippen molar-refractivity contribution in [1.82, 2.24) is 5.32 Å². The van der Waals surface area contributed by atoms with E-state index in [2.05, 4.69) is 10.2 Å². The Hall–Kier alpha value is -2.53. The van der Waals surface area contributed by atoms with E-state index in [0.29, 0.717) is 41.8 Å². The second-order valence-electron chi connectivity index (χ2n) is 8.75. The predicted molar refractivity (Wildman–Crippen MR) is 128 cm³/mol. The minimum Gasteiger partial charge on any atom is -0.462 e. The molecule has 5 nitrogen and oxygen atoms in total. The van der Waals surface area contributed by atoms with Gasteiger partial charge in [-0.15, -0.1) is 0 Å². The Labute approximate surface area is 195 Å². The fourth-order valence-electron chi connectivity index (χ4n) is 5.01. The number of nitrogens with zero attached hydrogens (tertiary/aromatic N) is 1. The van der Waals surface area contributed by atoms with Crippen LogP contribution in [0.15, 0.2) is 42.5 Å². The van der Waals surface area contributed by atoms with Gasteiger partial charge in [-0.25, -0.2) is 4.79 Å². The lowest BCUT2D eigenvalue weighted by atomic mass is 9.79. The molecule has 1 heterocycles. The van der Waals surface area contributed by atoms with Crippen LogP contribution in [0.25, 0.3) is 0 Å². The molecular weight excluding hydrogens is 424 g/mol. The molecule has 6 heteroatoms. The number of hydrogen-bond donors (Lipinski definition) is 1. The number of hydrogen-bond acceptors (Lipinski definition) is 4. The maximum absolute atomic E-state index is 13.1. The Morgan fingerprint density at radius 3 is 2.72 bits per heavy atom. The number of amides is 1. The first-order chi connectivity index (χ1) is 15.5. The summed E-state index contributed by atoms with van der Waals surface area (Å²) in [7, 11) is 0. The minimum atomic E-state index is -0.317. The van der Waals surface area contributed by atoms with Crippen molar-refractivity contribution in [3.63, 3.8) is 0 Å². The Bertz CT molecular complexity index is 960. The van der Waals surface area contributed by atoms with Crippen LogP contribution in [0.5, 0.6) is 0 Å². The first kappa shape index (κ1) is 22.7. The Morgan fingerprint density at radius 1 is 1.12 bits per heavy atom. The summed E-state index contributed by atoms with van der Waals surface area (Å²) in [6.45, 7) is 3.66. The number of halogens is 1. The maximum Gasteiger partial charge on any atom is 0.338 e. The summed E-state index contributed by atoms with van der Waals surface area (Å²) < 4.78 is 5.01. The lowest BCUT2D eigenvalue weighted by Gasteiger charge is -2.45. The molecule has 1 N–H and O–H groups in total. The number of benzene rings is 2. The summed E-state index contributed by atoms with van der Waals surface area (Å²) in [5, 5.41) is 3.63. The Balaban J connectivity index is 1.39. The molecule has 2 aromatic rings. The van der Waals surface area contributed by atoms with Crippen LogP contribution in [-0.2, 0) is 11.2 Å². The quantitative estimate of drug-likeness (QED) is 0.580. The number of piperidine rings is 1. The monoisotopic (exact) mass is 454 g/mol. The molecule has 2 aliphatic rings. The summed E-state index contributed by atoms with van der Waals surface area (Å²) in [6.07, 6.45) is 6.92. The molecule has 0 radical (unpaired) electrons. The van der Waals surface area contributed by atoms with Crippen molar-refractivity contribution >= 4 is 29.2 Å². The molecule has 170 valence electrons. The van der Waals surface area contributed by atoms with Crippen LogP contribution in [0.1, 0.15) is 65.3 Å². The van der Waals surface area contributed by atoms with Gasteiger partial charge in [-0.3, -0.25) is 4.79 Å². The average molecular weight is 455 g/mol. The van der Waals surface area contributed by atoms with E-state index in [1.165, 1.54) is 32.1 Å². The number of fused-ring (bicyclic) bond motifs is 2. The molecule has 0 spiro atoms. The molecule has 2 fully saturated rings. The van der Waals surface area contributed by atoms with Crippen molar-refractivity contribution in [3.05, 3.63) is 64.2 Å². The third kappa shape index (κ3) is 5.26. The van der Waals surface area contributed by atoms with E-state index in [9.17, 15) is 9.59 Å². The molecule has 1 saturated carbocycles. The smallest absolute Gasteiger partial charge is 0.338 e. The van der Waals surface area contributed by atoms with Gasteiger partial charge in [0.05, 0.1) is 17.7 Å². The van der Waals surface area contributed by atoms with Crippen LogP contribution in [0.4, 0.5) is 5.69 Å². The summed E-state index contributed by atoms with van der Waals surface area (Å²) in [6, 6.07) is 13.5. The molecule has 2 aromatic carbocycles. The lowest BCUT2D eigenvalue weighted by Crippen LogP contribution is -2.45. The first-order valence-corrected chi connectivity index (χ1v) is 12.0. The molecule has 2 atom stereocenters. The molecule has 32 heavy (non-hydrogen) atoms. The van der Waals surface area contributed by atoms with Gasteiger partial charge >= 0.3 is 5.97 Å². The van der Waals surface area contributed by atoms with Crippen molar-refractivity contribution in [2.45, 2.75) is 51.5 Å². The topological polar surface area (TPSA) is 58.6 Å². The van der Waals surface area contributed by atoms with Crippen LogP contribution in [0.2, 0.25) is 5.02 Å². The van der Waals surface area contributed by atoms with E-state index in [4.69, 9.17) is 16.3 Å². The second kappa shape index (κ2) is 10.4. The molecule has 2 bridgehead atoms. The van der Waals surface area contributed by atoms with Gasteiger partial charge in [-0.2, -0.15) is 0 Å². The number of carbonyl (C=O) groups excluding carboxylic acids is 2. The van der Waals surface area contributed by atoms with E-state index in [-0.39, 0.29) is 11.9 Å². The van der Waals surface area contributed by atoms with Gasteiger partial charge in [0.25, 0.3) is 5.91 Å². The Kier molecular flexibility index (Phi) is 7.36. The summed E-state index contributed by atoms with van der Waals surface area (Å²) in [4.78, 5) is 27.3. The van der Waals surface area contributed by atoms with Crippen LogP contribution in [0.3, 0.4) is 0 Å². The standard InChI is InChI=1S/C26H31ClN2O3/c1-2-32-26(31)20-8-6-18(7-9-20)12-14-28-25(30)23-17-21(27)10-11-24(23)29-15-13-19-4-3-5-22(29)16-19/h6-11,17,19,22H,2-5,12-16H2,1H3,(H,28,30). The van der Waals surface area contributed by atoms with Gasteiger partial charge in [0.15, 0.2) is 0 Å². The predicted octanol–water partition coefficient (Wildman–Crippen LogP) is 5.26. The van der Waals surface area contributed by atoms with E-state index in [0.717, 1.165) is 23.7 Å². The molecule has 1 aliphatic heterocycles. The van der Waals surface area contributed by atoms with E-state index >= 15 is 0 Å². The van der Waals surface area contributed by atoms with Gasteiger partial charge < -0.3 is 15.0 Å². The normalized spacial score (nSPS) is 20.0. The highest BCUT2D eigenvalue weighted by Crippen LogP contribution is 2.38. The number of nitrogens with one attached hydrogen (secondary N) is 1. The molecule has 0 aromatic heterocycles. The number of rotatable bonds is 7. The van der Waals surface area contributed by atoms with Crippen LogP contribution >= 0.6 is 11.6 Å². The Morgan fingerprint density at radius 2 is 1.94 bits per heavy atom. The molecule has 1 aliphatic carbocycles. The summed E-state index contributed by atoms with van der Waals surface area (Å²) >= 11 is 6.26. The first-order valence-electron chi connectivity index (χ1n) is 11.7. The van der Waals surface area contributed by atoms with Gasteiger partial charge in [0.2, 0.25) is 0 Å². The van der Waals surface area contributed by atoms with Gasteiger partial charge in [0, 0.05) is 29.8 Å². The molecule has 2 unspecified atom stereocenters. The van der Waals surface area contributed by atoms with Gasteiger partial charge in [-0.05, 0) is 74.4 Å². The molecule has 1 saturated heterocycles. The number of anilines is 1. The van der Waals surface area contributed by atoms with Crippen molar-refractivity contribution < 1.29 is 14.3 Å². The van der Waals surface area contributed by atoms with Crippen LogP contribution < -0.4 is 10.2 Å². The van der Waals surface area contributed by atoms with Crippen molar-refractivity contribution in [2.24, 2.45) is 5.92 Å². The minimum absolute atomic E-state index is 0.0939. The number of esters is 1. The molecule has 1 amide bonds. The zero-order valence-corrected chi connectivity index (χ0v) is 19.4. The zero-order chi connectivity index (χ0) is 22.5. The summed E-state index contributed by atoms with van der Waals surface area (Å²) in [5.74, 6) is 0.427. The van der Waals surface area contributed by atoms with Gasteiger partial charge in [0.1, 0.15) is 0 Å². The molecule has 4 rings (SSSR count). The van der Waals surface area contributed by atoms with Crippen molar-refractivity contribution in [2.75, 3.05) is 24.6 Å². The SMILES string of the molecule is CCOC(=O)c1ccc(CCNC(=O)c2cc(Cl)ccc2N2CCC3CCCC2C3)cc1. The highest BCUT2D eigenvalue weighted by molar-refractivity contribution is 6.31. The third-order valence-corrected chi connectivity index (χ3v) is 6.89. The third-order valence-electron chi connectivity index (χ3n) is 6.65. The fraction of sp³-hybridized carbons (Fsp3) is 0.462. The van der Waals surface area contributed by atoms with Crippen LogP contribution in [-0.4, -0.2) is 37.6 Å². The summed E-state index contributed by atoms with van der Waals surface area (Å²) in [5.41, 5.74) is 3.24. The number of carbonyl (C=O) groups is 2. The average Bonchev–Trinajstić information content (AvgIpc) is 2.80. The largest absolute Gasteiger partial charge is 0.462 e. The van der Waals surface area contributed by atoms with E-state index < -0.39 is 0 Å². The number of ether oxygens (including phenoxy) is 1. The van der Waals surface area contributed by atoms with Crippen molar-refractivity contribution in [3.8, 4) is 0 Å². The second-order valence-corrected chi connectivity index (χ2v) is 9.19. The van der Waals surface area contributed by atoms with Crippen molar-refractivity contribution in [1.29, 1.82) is 0 Å². The fourth-order valence-corrected chi connectivity index (χ4v) is 5.18. The molecular formula is C26H31ClN2O3. The van der Waals surface area contributed by atoms with Gasteiger partial charge in [-0.1, -0.05) is 36.6 Å². The maximum atomic E-state index is 13.1. The highest BCUT2D eigenvalue weighted by Gasteiger charge is 2.33.